The largest absolute Gasteiger partial charge is 0.367 e. The molecule has 1 rings (SSSR count). The third-order valence-corrected chi connectivity index (χ3v) is 1.84. The molecular formula is C10H13ClF2O5S. The summed E-state index contributed by atoms with van der Waals surface area (Å²) in [6.07, 6.45) is -0.759. The van der Waals surface area contributed by atoms with Gasteiger partial charge in [-0.2, -0.15) is 17.2 Å². The molecule has 1 atom stereocenters. The van der Waals surface area contributed by atoms with Crippen LogP contribution in [0.15, 0.2) is 24.3 Å². The van der Waals surface area contributed by atoms with E-state index in [1.807, 2.05) is 0 Å². The zero-order chi connectivity index (χ0) is 15.1. The molecule has 0 fully saturated rings. The van der Waals surface area contributed by atoms with Crippen molar-refractivity contribution in [2.24, 2.45) is 0 Å². The standard InChI is InChI=1S/C9H9ClF2O2.CH4O3S/c10-7-3-1-6(2-4-7)5-8(13)14-9(11)12;1-5(2,3)4/h1-4,8-9,13H,5H2;1H3,(H,2,3,4). The van der Waals surface area contributed by atoms with E-state index in [-0.39, 0.29) is 6.42 Å². The van der Waals surface area contributed by atoms with E-state index in [4.69, 9.17) is 21.3 Å². The van der Waals surface area contributed by atoms with E-state index < -0.39 is 23.0 Å². The van der Waals surface area contributed by atoms with E-state index in [2.05, 4.69) is 4.74 Å². The smallest absolute Gasteiger partial charge is 0.347 e. The van der Waals surface area contributed by atoms with Gasteiger partial charge in [0, 0.05) is 11.4 Å². The number of ether oxygens (including phenoxy) is 1. The topological polar surface area (TPSA) is 83.8 Å². The van der Waals surface area contributed by atoms with Crippen molar-refractivity contribution in [3.05, 3.63) is 34.9 Å². The van der Waals surface area contributed by atoms with E-state index in [0.29, 0.717) is 16.8 Å². The quantitative estimate of drug-likeness (QED) is 0.655. The number of benzene rings is 1. The molecule has 1 aromatic rings. The Morgan fingerprint density at radius 2 is 1.74 bits per heavy atom. The van der Waals surface area contributed by atoms with Crippen LogP contribution >= 0.6 is 11.6 Å². The lowest BCUT2D eigenvalue weighted by Gasteiger charge is -2.10. The fraction of sp³-hybridized carbons (Fsp3) is 0.400. The molecule has 0 aliphatic heterocycles. The molecule has 0 bridgehead atoms. The summed E-state index contributed by atoms with van der Waals surface area (Å²) in [6, 6.07) is 6.51. The van der Waals surface area contributed by atoms with Crippen molar-refractivity contribution in [1.29, 1.82) is 0 Å². The van der Waals surface area contributed by atoms with Gasteiger partial charge in [0.2, 0.25) is 0 Å². The van der Waals surface area contributed by atoms with Crippen LogP contribution < -0.4 is 0 Å². The zero-order valence-electron chi connectivity index (χ0n) is 9.83. The summed E-state index contributed by atoms with van der Waals surface area (Å²) >= 11 is 5.62. The Morgan fingerprint density at radius 1 is 1.32 bits per heavy atom. The van der Waals surface area contributed by atoms with Crippen molar-refractivity contribution in [2.45, 2.75) is 19.3 Å². The second kappa shape index (κ2) is 8.39. The van der Waals surface area contributed by atoms with Gasteiger partial charge in [0.25, 0.3) is 10.1 Å². The third kappa shape index (κ3) is 13.4. The maximum Gasteiger partial charge on any atom is 0.347 e. The predicted molar refractivity (Wildman–Crippen MR) is 65.7 cm³/mol. The number of aliphatic hydroxyl groups is 1. The van der Waals surface area contributed by atoms with E-state index in [1.54, 1.807) is 24.3 Å². The molecule has 0 aliphatic carbocycles. The Labute approximate surface area is 114 Å². The summed E-state index contributed by atoms with van der Waals surface area (Å²) in [5.74, 6) is 0. The highest BCUT2D eigenvalue weighted by Crippen LogP contribution is 2.12. The Kier molecular flexibility index (Phi) is 8.03. The van der Waals surface area contributed by atoms with Gasteiger partial charge in [0.1, 0.15) is 0 Å². The first-order chi connectivity index (χ1) is 8.58. The Hall–Kier alpha value is -0.800. The molecule has 1 unspecified atom stereocenters. The van der Waals surface area contributed by atoms with Crippen LogP contribution in [-0.4, -0.2) is 37.2 Å². The molecule has 0 heterocycles. The molecule has 110 valence electrons. The fourth-order valence-electron chi connectivity index (χ4n) is 0.989. The van der Waals surface area contributed by atoms with Crippen molar-refractivity contribution < 1.29 is 31.6 Å². The predicted octanol–water partition coefficient (Wildman–Crippen LogP) is 1.94. The van der Waals surface area contributed by atoms with Crippen LogP contribution in [0.5, 0.6) is 0 Å². The number of hydrogen-bond acceptors (Lipinski definition) is 4. The van der Waals surface area contributed by atoms with E-state index in [1.165, 1.54) is 0 Å². The average molecular weight is 319 g/mol. The number of alkyl halides is 2. The van der Waals surface area contributed by atoms with E-state index in [0.717, 1.165) is 0 Å². The van der Waals surface area contributed by atoms with Crippen LogP contribution in [-0.2, 0) is 21.3 Å². The minimum Gasteiger partial charge on any atom is -0.367 e. The Balaban J connectivity index is 0.000000555. The second-order valence-electron chi connectivity index (χ2n) is 3.41. The van der Waals surface area contributed by atoms with Crippen molar-refractivity contribution in [1.82, 2.24) is 0 Å². The summed E-state index contributed by atoms with van der Waals surface area (Å²) < 4.78 is 53.0. The lowest BCUT2D eigenvalue weighted by Crippen LogP contribution is -2.18. The van der Waals surface area contributed by atoms with Gasteiger partial charge in [-0.1, -0.05) is 23.7 Å². The summed E-state index contributed by atoms with van der Waals surface area (Å²) in [5, 5.41) is 9.56. The summed E-state index contributed by atoms with van der Waals surface area (Å²) in [6.45, 7) is -2.96. The first-order valence-corrected chi connectivity index (χ1v) is 7.09. The van der Waals surface area contributed by atoms with Crippen LogP contribution in [0.3, 0.4) is 0 Å². The molecule has 0 aromatic heterocycles. The number of rotatable bonds is 4. The average Bonchev–Trinajstić information content (AvgIpc) is 2.17. The minimum atomic E-state index is -3.67. The van der Waals surface area contributed by atoms with Crippen molar-refractivity contribution >= 4 is 21.7 Å². The van der Waals surface area contributed by atoms with Crippen LogP contribution in [0, 0.1) is 0 Å². The highest BCUT2D eigenvalue weighted by atomic mass is 35.5. The first kappa shape index (κ1) is 18.2. The number of halogens is 3. The molecule has 5 nitrogen and oxygen atoms in total. The van der Waals surface area contributed by atoms with Crippen LogP contribution in [0.2, 0.25) is 5.02 Å². The molecule has 19 heavy (non-hydrogen) atoms. The molecule has 0 radical (unpaired) electrons. The van der Waals surface area contributed by atoms with Crippen LogP contribution in [0.4, 0.5) is 8.78 Å². The maximum absolute atomic E-state index is 11.6. The monoisotopic (exact) mass is 318 g/mol. The first-order valence-electron chi connectivity index (χ1n) is 4.86. The normalized spacial score (nSPS) is 12.8. The van der Waals surface area contributed by atoms with Gasteiger partial charge < -0.3 is 5.11 Å². The minimum absolute atomic E-state index is 0.0154. The van der Waals surface area contributed by atoms with Crippen LogP contribution in [0.1, 0.15) is 5.56 Å². The Bertz CT molecular complexity index is 455. The Morgan fingerprint density at radius 3 is 2.11 bits per heavy atom. The lowest BCUT2D eigenvalue weighted by molar-refractivity contribution is -0.226. The van der Waals surface area contributed by atoms with Gasteiger partial charge in [0.15, 0.2) is 6.29 Å². The molecule has 2 N–H and O–H groups in total. The van der Waals surface area contributed by atoms with Gasteiger partial charge in [-0.15, -0.1) is 0 Å². The molecule has 0 saturated heterocycles. The zero-order valence-corrected chi connectivity index (χ0v) is 11.4. The summed E-state index contributed by atoms with van der Waals surface area (Å²) in [4.78, 5) is 0. The van der Waals surface area contributed by atoms with Gasteiger partial charge in [-0.25, -0.2) is 0 Å². The second-order valence-corrected chi connectivity index (χ2v) is 5.32. The van der Waals surface area contributed by atoms with E-state index >= 15 is 0 Å². The number of aliphatic hydroxyl groups excluding tert-OH is 1. The lowest BCUT2D eigenvalue weighted by atomic mass is 10.1. The SMILES string of the molecule is CS(=O)(=O)O.OC(Cc1ccc(Cl)cc1)OC(F)F. The van der Waals surface area contributed by atoms with Crippen molar-refractivity contribution in [3.63, 3.8) is 0 Å². The fourth-order valence-corrected chi connectivity index (χ4v) is 1.11. The van der Waals surface area contributed by atoms with E-state index in [9.17, 15) is 17.2 Å². The summed E-state index contributed by atoms with van der Waals surface area (Å²) in [5.41, 5.74) is 0.683. The van der Waals surface area contributed by atoms with Crippen molar-refractivity contribution in [2.75, 3.05) is 6.26 Å². The molecule has 0 saturated carbocycles. The van der Waals surface area contributed by atoms with Gasteiger partial charge in [0.05, 0.1) is 6.26 Å². The molecule has 0 aliphatic rings. The molecule has 9 heteroatoms. The van der Waals surface area contributed by atoms with Gasteiger partial charge in [-0.3, -0.25) is 9.29 Å². The third-order valence-electron chi connectivity index (χ3n) is 1.58. The number of hydrogen-bond donors (Lipinski definition) is 2. The maximum atomic E-state index is 11.6. The highest BCUT2D eigenvalue weighted by molar-refractivity contribution is 7.85. The van der Waals surface area contributed by atoms with Crippen LogP contribution in [0.25, 0.3) is 0 Å². The molecule has 1 aromatic carbocycles. The molecule has 0 amide bonds. The van der Waals surface area contributed by atoms with Gasteiger partial charge in [-0.05, 0) is 17.7 Å². The molecule has 0 spiro atoms. The highest BCUT2D eigenvalue weighted by Gasteiger charge is 2.11. The van der Waals surface area contributed by atoms with Crippen molar-refractivity contribution in [3.8, 4) is 0 Å². The summed E-state index contributed by atoms with van der Waals surface area (Å²) in [7, 11) is -3.67. The van der Waals surface area contributed by atoms with Gasteiger partial charge >= 0.3 is 6.61 Å². The molecular weight excluding hydrogens is 306 g/mol.